The number of benzene rings is 1. The van der Waals surface area contributed by atoms with Crippen LogP contribution >= 0.6 is 15.9 Å². The molecule has 1 atom stereocenters. The zero-order chi connectivity index (χ0) is 19.3. The standard InChI is InChI=1S/C16H22BrN5O3S/c1-10(2)14(9-23)21-15-13(17)8-19-16(22-15)20-11-4-6-12(7-5-11)26(24,25)18-3/h4-8,10,14,18,23H,9H2,1-3H3,(H2,19,20,21,22)/t14-/m0/s1. The lowest BCUT2D eigenvalue weighted by Crippen LogP contribution is -2.30. The molecule has 1 aromatic carbocycles. The van der Waals surface area contributed by atoms with Gasteiger partial charge in [-0.25, -0.2) is 18.1 Å². The second-order valence-electron chi connectivity index (χ2n) is 5.92. The minimum atomic E-state index is -3.47. The summed E-state index contributed by atoms with van der Waals surface area (Å²) in [6, 6.07) is 6.11. The van der Waals surface area contributed by atoms with Gasteiger partial charge in [-0.3, -0.25) is 0 Å². The summed E-state index contributed by atoms with van der Waals surface area (Å²) in [6.45, 7) is 3.99. The van der Waals surface area contributed by atoms with Crippen molar-refractivity contribution in [3.05, 3.63) is 34.9 Å². The van der Waals surface area contributed by atoms with Gasteiger partial charge in [-0.1, -0.05) is 13.8 Å². The third-order valence-corrected chi connectivity index (χ3v) is 5.77. The molecule has 10 heteroatoms. The molecule has 2 rings (SSSR count). The molecule has 0 spiro atoms. The zero-order valence-electron chi connectivity index (χ0n) is 14.7. The van der Waals surface area contributed by atoms with E-state index in [4.69, 9.17) is 0 Å². The van der Waals surface area contributed by atoms with Crippen molar-refractivity contribution in [3.63, 3.8) is 0 Å². The average Bonchev–Trinajstić information content (AvgIpc) is 2.62. The molecule has 0 fully saturated rings. The Balaban J connectivity index is 2.18. The van der Waals surface area contributed by atoms with Crippen molar-refractivity contribution in [3.8, 4) is 0 Å². The van der Waals surface area contributed by atoms with Crippen LogP contribution in [0.2, 0.25) is 0 Å². The highest BCUT2D eigenvalue weighted by molar-refractivity contribution is 9.10. The molecule has 1 heterocycles. The van der Waals surface area contributed by atoms with Crippen LogP contribution in [-0.2, 0) is 10.0 Å². The number of sulfonamides is 1. The summed E-state index contributed by atoms with van der Waals surface area (Å²) >= 11 is 3.39. The Morgan fingerprint density at radius 2 is 1.88 bits per heavy atom. The van der Waals surface area contributed by atoms with Gasteiger partial charge in [0.2, 0.25) is 16.0 Å². The summed E-state index contributed by atoms with van der Waals surface area (Å²) in [4.78, 5) is 8.77. The summed E-state index contributed by atoms with van der Waals surface area (Å²) < 4.78 is 26.4. The fourth-order valence-corrected chi connectivity index (χ4v) is 3.13. The zero-order valence-corrected chi connectivity index (χ0v) is 17.1. The van der Waals surface area contributed by atoms with Gasteiger partial charge in [0.25, 0.3) is 0 Å². The van der Waals surface area contributed by atoms with E-state index in [9.17, 15) is 13.5 Å². The Morgan fingerprint density at radius 1 is 1.23 bits per heavy atom. The number of anilines is 3. The number of aliphatic hydroxyl groups is 1. The number of halogens is 1. The fourth-order valence-electron chi connectivity index (χ4n) is 2.09. The molecule has 0 saturated carbocycles. The summed E-state index contributed by atoms with van der Waals surface area (Å²) in [5, 5.41) is 15.7. The minimum Gasteiger partial charge on any atom is -0.394 e. The summed E-state index contributed by atoms with van der Waals surface area (Å²) in [7, 11) is -2.11. The van der Waals surface area contributed by atoms with Crippen molar-refractivity contribution >= 4 is 43.4 Å². The van der Waals surface area contributed by atoms with Crippen LogP contribution in [-0.4, -0.2) is 43.2 Å². The third kappa shape index (κ3) is 5.13. The molecule has 0 radical (unpaired) electrons. The van der Waals surface area contributed by atoms with Gasteiger partial charge in [0.1, 0.15) is 5.82 Å². The maximum atomic E-state index is 11.7. The Morgan fingerprint density at radius 3 is 2.42 bits per heavy atom. The van der Waals surface area contributed by atoms with Crippen molar-refractivity contribution in [2.75, 3.05) is 24.3 Å². The SMILES string of the molecule is CNS(=O)(=O)c1ccc(Nc2ncc(Br)c(N[C@@H](CO)C(C)C)n2)cc1. The van der Waals surface area contributed by atoms with Gasteiger partial charge in [-0.05, 0) is 53.2 Å². The number of rotatable bonds is 8. The van der Waals surface area contributed by atoms with Crippen molar-refractivity contribution in [2.24, 2.45) is 5.92 Å². The fraction of sp³-hybridized carbons (Fsp3) is 0.375. The van der Waals surface area contributed by atoms with Crippen molar-refractivity contribution in [1.29, 1.82) is 0 Å². The smallest absolute Gasteiger partial charge is 0.240 e. The normalized spacial score (nSPS) is 12.8. The van der Waals surface area contributed by atoms with Crippen LogP contribution in [0.15, 0.2) is 39.8 Å². The number of hydrogen-bond donors (Lipinski definition) is 4. The molecule has 26 heavy (non-hydrogen) atoms. The van der Waals surface area contributed by atoms with E-state index in [1.807, 2.05) is 13.8 Å². The molecule has 0 saturated heterocycles. The molecule has 2 aromatic rings. The molecule has 1 aromatic heterocycles. The van der Waals surface area contributed by atoms with E-state index < -0.39 is 10.0 Å². The first-order valence-electron chi connectivity index (χ1n) is 7.97. The molecular weight excluding hydrogens is 422 g/mol. The molecule has 0 aliphatic rings. The topological polar surface area (TPSA) is 116 Å². The number of aromatic nitrogens is 2. The molecule has 0 unspecified atom stereocenters. The maximum absolute atomic E-state index is 11.7. The molecular formula is C16H22BrN5O3S. The van der Waals surface area contributed by atoms with E-state index >= 15 is 0 Å². The number of hydrogen-bond acceptors (Lipinski definition) is 7. The van der Waals surface area contributed by atoms with Crippen LogP contribution in [0.25, 0.3) is 0 Å². The highest BCUT2D eigenvalue weighted by Gasteiger charge is 2.15. The lowest BCUT2D eigenvalue weighted by Gasteiger charge is -2.21. The minimum absolute atomic E-state index is 0.0156. The lowest BCUT2D eigenvalue weighted by molar-refractivity contribution is 0.249. The Kier molecular flexibility index (Phi) is 6.93. The van der Waals surface area contributed by atoms with Gasteiger partial charge in [-0.2, -0.15) is 4.98 Å². The molecule has 142 valence electrons. The number of nitrogens with zero attached hydrogens (tertiary/aromatic N) is 2. The second-order valence-corrected chi connectivity index (χ2v) is 8.67. The van der Waals surface area contributed by atoms with Gasteiger partial charge in [0, 0.05) is 11.9 Å². The molecule has 0 aliphatic heterocycles. The number of nitrogens with one attached hydrogen (secondary N) is 3. The van der Waals surface area contributed by atoms with Crippen molar-refractivity contribution in [1.82, 2.24) is 14.7 Å². The second kappa shape index (κ2) is 8.76. The van der Waals surface area contributed by atoms with Gasteiger partial charge in [0.05, 0.1) is 22.0 Å². The van der Waals surface area contributed by atoms with Gasteiger partial charge < -0.3 is 15.7 Å². The van der Waals surface area contributed by atoms with Crippen LogP contribution < -0.4 is 15.4 Å². The van der Waals surface area contributed by atoms with E-state index in [1.54, 1.807) is 18.3 Å². The highest BCUT2D eigenvalue weighted by Crippen LogP contribution is 2.24. The predicted octanol–water partition coefficient (Wildman–Crippen LogP) is 2.32. The third-order valence-electron chi connectivity index (χ3n) is 3.76. The largest absolute Gasteiger partial charge is 0.394 e. The van der Waals surface area contributed by atoms with Gasteiger partial charge in [-0.15, -0.1) is 0 Å². The maximum Gasteiger partial charge on any atom is 0.240 e. The lowest BCUT2D eigenvalue weighted by atomic mass is 10.1. The van der Waals surface area contributed by atoms with Gasteiger partial charge in [0.15, 0.2) is 0 Å². The molecule has 4 N–H and O–H groups in total. The van der Waals surface area contributed by atoms with Crippen LogP contribution in [0.1, 0.15) is 13.8 Å². The van der Waals surface area contributed by atoms with E-state index in [0.29, 0.717) is 21.9 Å². The van der Waals surface area contributed by atoms with Crippen LogP contribution in [0.5, 0.6) is 0 Å². The first-order valence-corrected chi connectivity index (χ1v) is 10.2. The molecule has 0 bridgehead atoms. The Hall–Kier alpha value is -1.75. The van der Waals surface area contributed by atoms with E-state index in [1.165, 1.54) is 19.2 Å². The van der Waals surface area contributed by atoms with Gasteiger partial charge >= 0.3 is 0 Å². The molecule has 0 amide bonds. The number of aliphatic hydroxyl groups excluding tert-OH is 1. The summed E-state index contributed by atoms with van der Waals surface area (Å²) in [6.07, 6.45) is 1.60. The molecule has 0 aliphatic carbocycles. The van der Waals surface area contributed by atoms with Crippen LogP contribution in [0.3, 0.4) is 0 Å². The monoisotopic (exact) mass is 443 g/mol. The Bertz CT molecular complexity index is 843. The van der Waals surface area contributed by atoms with E-state index in [2.05, 4.69) is 41.3 Å². The molecule has 8 nitrogen and oxygen atoms in total. The van der Waals surface area contributed by atoms with Crippen LogP contribution in [0.4, 0.5) is 17.5 Å². The first-order chi connectivity index (χ1) is 12.3. The average molecular weight is 444 g/mol. The summed E-state index contributed by atoms with van der Waals surface area (Å²) in [5.74, 6) is 1.13. The first kappa shape index (κ1) is 20.6. The van der Waals surface area contributed by atoms with E-state index in [0.717, 1.165) is 0 Å². The Labute approximate surface area is 161 Å². The van der Waals surface area contributed by atoms with E-state index in [-0.39, 0.29) is 23.5 Å². The van der Waals surface area contributed by atoms with Crippen molar-refractivity contribution in [2.45, 2.75) is 24.8 Å². The predicted molar refractivity (Wildman–Crippen MR) is 105 cm³/mol. The highest BCUT2D eigenvalue weighted by atomic mass is 79.9. The van der Waals surface area contributed by atoms with Crippen molar-refractivity contribution < 1.29 is 13.5 Å². The quantitative estimate of drug-likeness (QED) is 0.494. The summed E-state index contributed by atoms with van der Waals surface area (Å²) in [5.41, 5.74) is 0.649. The van der Waals surface area contributed by atoms with Crippen LogP contribution in [0, 0.1) is 5.92 Å².